The zero-order valence-corrected chi connectivity index (χ0v) is 14.5. The maximum absolute atomic E-state index is 12.8. The number of sulfonamides is 1. The molecule has 0 aliphatic heterocycles. The van der Waals surface area contributed by atoms with Gasteiger partial charge in [-0.05, 0) is 29.8 Å². The Balaban J connectivity index is 2.32. The molecule has 0 radical (unpaired) electrons. The van der Waals surface area contributed by atoms with Gasteiger partial charge in [-0.1, -0.05) is 41.9 Å². The van der Waals surface area contributed by atoms with Crippen molar-refractivity contribution in [2.24, 2.45) is 0 Å². The summed E-state index contributed by atoms with van der Waals surface area (Å²) in [6.45, 7) is -0.309. The lowest BCUT2D eigenvalue weighted by Crippen LogP contribution is -2.40. The average molecular weight is 369 g/mol. The molecule has 128 valence electrons. The van der Waals surface area contributed by atoms with Gasteiger partial charge in [-0.25, -0.2) is 13.9 Å². The SMILES string of the molecule is CONC(=O)CN(Cc1ccccc1)S(=O)(=O)c1ccc(Cl)cc1. The largest absolute Gasteiger partial charge is 0.277 e. The highest BCUT2D eigenvalue weighted by Crippen LogP contribution is 2.20. The average Bonchev–Trinajstić information content (AvgIpc) is 2.56. The van der Waals surface area contributed by atoms with Crippen molar-refractivity contribution in [1.29, 1.82) is 0 Å². The normalized spacial score (nSPS) is 11.5. The van der Waals surface area contributed by atoms with Gasteiger partial charge in [-0.3, -0.25) is 9.63 Å². The molecule has 0 bridgehead atoms. The van der Waals surface area contributed by atoms with E-state index in [2.05, 4.69) is 10.3 Å². The highest BCUT2D eigenvalue weighted by Gasteiger charge is 2.26. The summed E-state index contributed by atoms with van der Waals surface area (Å²) in [6, 6.07) is 14.8. The molecule has 8 heteroatoms. The van der Waals surface area contributed by atoms with Crippen molar-refractivity contribution in [2.75, 3.05) is 13.7 Å². The molecule has 0 saturated heterocycles. The van der Waals surface area contributed by atoms with Gasteiger partial charge in [0.25, 0.3) is 5.91 Å². The summed E-state index contributed by atoms with van der Waals surface area (Å²) >= 11 is 5.81. The lowest BCUT2D eigenvalue weighted by atomic mass is 10.2. The molecule has 0 fully saturated rings. The molecule has 0 spiro atoms. The molecule has 0 heterocycles. The van der Waals surface area contributed by atoms with Crippen molar-refractivity contribution in [2.45, 2.75) is 11.4 Å². The van der Waals surface area contributed by atoms with E-state index in [9.17, 15) is 13.2 Å². The molecule has 0 aromatic heterocycles. The van der Waals surface area contributed by atoms with Gasteiger partial charge >= 0.3 is 0 Å². The second kappa shape index (κ2) is 8.25. The third-order valence-corrected chi connectivity index (χ3v) is 5.25. The van der Waals surface area contributed by atoms with Crippen LogP contribution >= 0.6 is 11.6 Å². The Bertz CT molecular complexity index is 779. The van der Waals surface area contributed by atoms with Crippen LogP contribution < -0.4 is 5.48 Å². The third kappa shape index (κ3) is 4.78. The molecule has 0 unspecified atom stereocenters. The molecule has 2 aromatic rings. The number of hydroxylamine groups is 1. The molecule has 1 amide bonds. The van der Waals surface area contributed by atoms with Crippen LogP contribution in [0.25, 0.3) is 0 Å². The highest BCUT2D eigenvalue weighted by atomic mass is 35.5. The molecule has 6 nitrogen and oxygen atoms in total. The van der Waals surface area contributed by atoms with E-state index >= 15 is 0 Å². The number of carbonyl (C=O) groups excluding carboxylic acids is 1. The summed E-state index contributed by atoms with van der Waals surface area (Å²) in [5.74, 6) is -0.564. The van der Waals surface area contributed by atoms with Crippen LogP contribution in [0, 0.1) is 0 Å². The topological polar surface area (TPSA) is 75.7 Å². The van der Waals surface area contributed by atoms with Gasteiger partial charge in [-0.15, -0.1) is 0 Å². The summed E-state index contributed by atoms with van der Waals surface area (Å²) in [6.07, 6.45) is 0. The number of hydrogen-bond acceptors (Lipinski definition) is 4. The Hall–Kier alpha value is -1.93. The summed E-state index contributed by atoms with van der Waals surface area (Å²) in [5, 5.41) is 0.431. The second-order valence-electron chi connectivity index (χ2n) is 4.94. The molecule has 2 aromatic carbocycles. The molecular formula is C16H17ClN2O4S. The Morgan fingerprint density at radius 3 is 2.33 bits per heavy atom. The number of rotatable bonds is 7. The minimum absolute atomic E-state index is 0.0585. The minimum Gasteiger partial charge on any atom is -0.277 e. The van der Waals surface area contributed by atoms with Gasteiger partial charge in [0.1, 0.15) is 0 Å². The van der Waals surface area contributed by atoms with E-state index in [1.165, 1.54) is 31.4 Å². The van der Waals surface area contributed by atoms with Crippen molar-refractivity contribution in [3.05, 3.63) is 65.2 Å². The monoisotopic (exact) mass is 368 g/mol. The lowest BCUT2D eigenvalue weighted by Gasteiger charge is -2.21. The standard InChI is InChI=1S/C16H17ClN2O4S/c1-23-18-16(20)12-19(11-13-5-3-2-4-6-13)24(21,22)15-9-7-14(17)8-10-15/h2-10H,11-12H2,1H3,(H,18,20). The Labute approximate surface area is 146 Å². The molecule has 1 N–H and O–H groups in total. The Morgan fingerprint density at radius 1 is 1.12 bits per heavy atom. The fourth-order valence-corrected chi connectivity index (χ4v) is 3.59. The van der Waals surface area contributed by atoms with Crippen molar-refractivity contribution >= 4 is 27.5 Å². The van der Waals surface area contributed by atoms with Crippen molar-refractivity contribution in [3.8, 4) is 0 Å². The van der Waals surface area contributed by atoms with Crippen molar-refractivity contribution < 1.29 is 18.0 Å². The molecule has 0 aliphatic carbocycles. The van der Waals surface area contributed by atoms with Crippen molar-refractivity contribution in [1.82, 2.24) is 9.79 Å². The summed E-state index contributed by atoms with van der Waals surface area (Å²) < 4.78 is 26.8. The molecule has 0 atom stereocenters. The summed E-state index contributed by atoms with van der Waals surface area (Å²) in [4.78, 5) is 16.4. The fourth-order valence-electron chi connectivity index (χ4n) is 2.07. The van der Waals surface area contributed by atoms with Gasteiger partial charge in [0.2, 0.25) is 10.0 Å². The molecule has 0 aliphatic rings. The van der Waals surface area contributed by atoms with Crippen LogP contribution in [0.4, 0.5) is 0 Å². The zero-order valence-electron chi connectivity index (χ0n) is 13.0. The number of halogens is 1. The number of nitrogens with zero attached hydrogens (tertiary/aromatic N) is 1. The van der Waals surface area contributed by atoms with E-state index in [1.54, 1.807) is 24.3 Å². The first-order valence-corrected chi connectivity index (χ1v) is 8.87. The van der Waals surface area contributed by atoms with Crippen LogP contribution in [-0.2, 0) is 26.2 Å². The fraction of sp³-hybridized carbons (Fsp3) is 0.188. The first-order chi connectivity index (χ1) is 11.4. The van der Waals surface area contributed by atoms with Gasteiger partial charge < -0.3 is 0 Å². The minimum atomic E-state index is -3.87. The number of carbonyl (C=O) groups is 1. The highest BCUT2D eigenvalue weighted by molar-refractivity contribution is 7.89. The second-order valence-corrected chi connectivity index (χ2v) is 7.32. The van der Waals surface area contributed by atoms with Crippen LogP contribution in [0.1, 0.15) is 5.56 Å². The van der Waals surface area contributed by atoms with Crippen LogP contribution in [0.3, 0.4) is 0 Å². The maximum Gasteiger partial charge on any atom is 0.258 e. The van der Waals surface area contributed by atoms with Crippen LogP contribution in [0.15, 0.2) is 59.5 Å². The zero-order chi connectivity index (χ0) is 17.6. The quantitative estimate of drug-likeness (QED) is 0.760. The predicted octanol–water partition coefficient (Wildman–Crippen LogP) is 2.21. The smallest absolute Gasteiger partial charge is 0.258 e. The predicted molar refractivity (Wildman–Crippen MR) is 90.6 cm³/mol. The third-order valence-electron chi connectivity index (χ3n) is 3.19. The van der Waals surface area contributed by atoms with E-state index < -0.39 is 15.9 Å². The Kier molecular flexibility index (Phi) is 6.33. The molecule has 24 heavy (non-hydrogen) atoms. The Morgan fingerprint density at radius 2 is 1.75 bits per heavy atom. The van der Waals surface area contributed by atoms with Gasteiger partial charge in [0, 0.05) is 11.6 Å². The van der Waals surface area contributed by atoms with E-state index in [-0.39, 0.29) is 18.0 Å². The molecule has 0 saturated carbocycles. The number of benzene rings is 2. The van der Waals surface area contributed by atoms with Gasteiger partial charge in [0.05, 0.1) is 18.6 Å². The molecular weight excluding hydrogens is 352 g/mol. The van der Waals surface area contributed by atoms with E-state index in [0.717, 1.165) is 9.87 Å². The van der Waals surface area contributed by atoms with E-state index in [0.29, 0.717) is 5.02 Å². The van der Waals surface area contributed by atoms with Crippen molar-refractivity contribution in [3.63, 3.8) is 0 Å². The van der Waals surface area contributed by atoms with Gasteiger partial charge in [-0.2, -0.15) is 4.31 Å². The number of amides is 1. The maximum atomic E-state index is 12.8. The van der Waals surface area contributed by atoms with Crippen LogP contribution in [-0.4, -0.2) is 32.3 Å². The first-order valence-electron chi connectivity index (χ1n) is 7.05. The lowest BCUT2D eigenvalue weighted by molar-refractivity contribution is -0.131. The van der Waals surface area contributed by atoms with Gasteiger partial charge in [0.15, 0.2) is 0 Å². The first kappa shape index (κ1) is 18.4. The van der Waals surface area contributed by atoms with E-state index in [1.807, 2.05) is 6.07 Å². The molecule has 2 rings (SSSR count). The van der Waals surface area contributed by atoms with E-state index in [4.69, 9.17) is 11.6 Å². The summed E-state index contributed by atoms with van der Waals surface area (Å²) in [7, 11) is -2.59. The van der Waals surface area contributed by atoms with Crippen LogP contribution in [0.2, 0.25) is 5.02 Å². The number of hydrogen-bond donors (Lipinski definition) is 1. The number of nitrogens with one attached hydrogen (secondary N) is 1. The van der Waals surface area contributed by atoms with Crippen LogP contribution in [0.5, 0.6) is 0 Å². The summed E-state index contributed by atoms with van der Waals surface area (Å²) in [5.41, 5.74) is 2.89.